The van der Waals surface area contributed by atoms with Gasteiger partial charge in [0.15, 0.2) is 5.16 Å². The molecule has 0 unspecified atom stereocenters. The van der Waals surface area contributed by atoms with Crippen LogP contribution < -0.4 is 0 Å². The van der Waals surface area contributed by atoms with Gasteiger partial charge >= 0.3 is 0 Å². The van der Waals surface area contributed by atoms with E-state index in [0.717, 1.165) is 22.5 Å². The molecule has 4 nitrogen and oxygen atoms in total. The van der Waals surface area contributed by atoms with E-state index in [9.17, 15) is 4.39 Å². The maximum absolute atomic E-state index is 13.2. The highest BCUT2D eigenvalue weighted by Crippen LogP contribution is 2.31. The molecule has 2 heterocycles. The van der Waals surface area contributed by atoms with Crippen molar-refractivity contribution >= 4 is 11.8 Å². The van der Waals surface area contributed by atoms with E-state index in [1.807, 2.05) is 23.2 Å². The molecular weight excluding hydrogens is 311 g/mol. The largest absolute Gasteiger partial charge is 0.269 e. The summed E-state index contributed by atoms with van der Waals surface area (Å²) in [5, 5.41) is 5.38. The van der Waals surface area contributed by atoms with E-state index >= 15 is 0 Å². The number of hydrogen-bond acceptors (Lipinski definition) is 4. The van der Waals surface area contributed by atoms with Crippen molar-refractivity contribution in [1.82, 2.24) is 19.7 Å². The third-order valence-electron chi connectivity index (χ3n) is 3.47. The Labute approximate surface area is 138 Å². The minimum atomic E-state index is -0.259. The zero-order valence-electron chi connectivity index (χ0n) is 13.2. The summed E-state index contributed by atoms with van der Waals surface area (Å²) in [4.78, 5) is 8.78. The molecule has 0 N–H and O–H groups in total. The zero-order chi connectivity index (χ0) is 16.4. The highest BCUT2D eigenvalue weighted by Gasteiger charge is 2.16. The second kappa shape index (κ2) is 6.50. The van der Waals surface area contributed by atoms with Crippen molar-refractivity contribution in [3.05, 3.63) is 48.5 Å². The quantitative estimate of drug-likeness (QED) is 0.524. The number of benzene rings is 1. The minimum absolute atomic E-state index is 0.227. The van der Waals surface area contributed by atoms with Gasteiger partial charge in [-0.2, -0.15) is 5.10 Å². The van der Waals surface area contributed by atoms with Crippen molar-refractivity contribution in [2.24, 2.45) is 0 Å². The molecule has 0 saturated carbocycles. The van der Waals surface area contributed by atoms with Gasteiger partial charge in [-0.25, -0.2) is 14.4 Å². The lowest BCUT2D eigenvalue weighted by Crippen LogP contribution is -2.00. The standard InChI is InChI=1S/C17H17FN4S/c1-11(2)22-10-14(15-8-9-19-17(20-15)23-3)16(21-22)12-4-6-13(18)7-5-12/h4-11H,1-3H3. The first-order valence-corrected chi connectivity index (χ1v) is 8.53. The summed E-state index contributed by atoms with van der Waals surface area (Å²) < 4.78 is 15.1. The van der Waals surface area contributed by atoms with E-state index < -0.39 is 0 Å². The average Bonchev–Trinajstić information content (AvgIpc) is 3.01. The molecule has 0 amide bonds. The molecule has 0 aliphatic carbocycles. The van der Waals surface area contributed by atoms with Crippen LogP contribution in [0.25, 0.3) is 22.5 Å². The number of rotatable bonds is 4. The molecular formula is C17H17FN4S. The fraction of sp³-hybridized carbons (Fsp3) is 0.235. The number of hydrogen-bond donors (Lipinski definition) is 0. The predicted molar refractivity (Wildman–Crippen MR) is 90.8 cm³/mol. The van der Waals surface area contributed by atoms with Crippen LogP contribution in [0, 0.1) is 5.82 Å². The number of aromatic nitrogens is 4. The fourth-order valence-electron chi connectivity index (χ4n) is 2.25. The molecule has 3 rings (SSSR count). The lowest BCUT2D eigenvalue weighted by atomic mass is 10.1. The zero-order valence-corrected chi connectivity index (χ0v) is 14.0. The summed E-state index contributed by atoms with van der Waals surface area (Å²) in [7, 11) is 0. The molecule has 6 heteroatoms. The van der Waals surface area contributed by atoms with Gasteiger partial charge in [0, 0.05) is 29.6 Å². The monoisotopic (exact) mass is 328 g/mol. The number of nitrogens with zero attached hydrogens (tertiary/aromatic N) is 4. The Morgan fingerprint density at radius 1 is 1.13 bits per heavy atom. The van der Waals surface area contributed by atoms with Crippen LogP contribution in [0.15, 0.2) is 47.9 Å². The van der Waals surface area contributed by atoms with E-state index in [2.05, 4.69) is 28.9 Å². The van der Waals surface area contributed by atoms with Crippen LogP contribution in [0.1, 0.15) is 19.9 Å². The van der Waals surface area contributed by atoms with Gasteiger partial charge in [0.25, 0.3) is 0 Å². The van der Waals surface area contributed by atoms with Crippen molar-refractivity contribution in [2.45, 2.75) is 25.0 Å². The molecule has 0 aliphatic rings. The second-order valence-corrected chi connectivity index (χ2v) is 6.17. The maximum Gasteiger partial charge on any atom is 0.187 e. The highest BCUT2D eigenvalue weighted by atomic mass is 32.2. The minimum Gasteiger partial charge on any atom is -0.269 e. The third-order valence-corrected chi connectivity index (χ3v) is 4.03. The molecule has 118 valence electrons. The lowest BCUT2D eigenvalue weighted by molar-refractivity contribution is 0.534. The van der Waals surface area contributed by atoms with Crippen LogP contribution in [0.5, 0.6) is 0 Å². The molecule has 0 atom stereocenters. The third kappa shape index (κ3) is 3.27. The Balaban J connectivity index is 2.16. The molecule has 0 aliphatic heterocycles. The Kier molecular flexibility index (Phi) is 4.43. The smallest absolute Gasteiger partial charge is 0.187 e. The van der Waals surface area contributed by atoms with E-state index in [1.54, 1.807) is 18.3 Å². The summed E-state index contributed by atoms with van der Waals surface area (Å²) in [6.07, 6.45) is 5.67. The van der Waals surface area contributed by atoms with Gasteiger partial charge in [-0.15, -0.1) is 0 Å². The molecule has 3 aromatic rings. The van der Waals surface area contributed by atoms with E-state index in [4.69, 9.17) is 0 Å². The van der Waals surface area contributed by atoms with Crippen molar-refractivity contribution in [2.75, 3.05) is 6.26 Å². The van der Waals surface area contributed by atoms with E-state index in [-0.39, 0.29) is 11.9 Å². The van der Waals surface area contributed by atoms with Gasteiger partial charge in [0.1, 0.15) is 11.5 Å². The van der Waals surface area contributed by atoms with Gasteiger partial charge in [0.05, 0.1) is 5.69 Å². The summed E-state index contributed by atoms with van der Waals surface area (Å²) in [6, 6.07) is 8.46. The Morgan fingerprint density at radius 3 is 2.52 bits per heavy atom. The van der Waals surface area contributed by atoms with Gasteiger partial charge in [-0.3, -0.25) is 4.68 Å². The van der Waals surface area contributed by atoms with Crippen LogP contribution in [-0.4, -0.2) is 26.0 Å². The van der Waals surface area contributed by atoms with Gasteiger partial charge in [-0.05, 0) is 50.4 Å². The number of thioether (sulfide) groups is 1. The first-order valence-electron chi connectivity index (χ1n) is 7.31. The molecule has 23 heavy (non-hydrogen) atoms. The fourth-order valence-corrected chi connectivity index (χ4v) is 2.61. The van der Waals surface area contributed by atoms with Crippen molar-refractivity contribution in [1.29, 1.82) is 0 Å². The van der Waals surface area contributed by atoms with Crippen LogP contribution in [0.3, 0.4) is 0 Å². The maximum atomic E-state index is 13.2. The van der Waals surface area contributed by atoms with Gasteiger partial charge in [-0.1, -0.05) is 11.8 Å². The van der Waals surface area contributed by atoms with Gasteiger partial charge < -0.3 is 0 Å². The molecule has 0 bridgehead atoms. The molecule has 0 saturated heterocycles. The second-order valence-electron chi connectivity index (χ2n) is 5.40. The summed E-state index contributed by atoms with van der Waals surface area (Å²) >= 11 is 1.50. The molecule has 0 spiro atoms. The SMILES string of the molecule is CSc1nccc(-c2cn(C(C)C)nc2-c2ccc(F)cc2)n1. The predicted octanol–water partition coefficient (Wildman–Crippen LogP) is 4.45. The Hall–Kier alpha value is -2.21. The lowest BCUT2D eigenvalue weighted by Gasteiger charge is -2.03. The number of halogens is 1. The van der Waals surface area contributed by atoms with Crippen LogP contribution in [-0.2, 0) is 0 Å². The van der Waals surface area contributed by atoms with Crippen molar-refractivity contribution in [3.8, 4) is 22.5 Å². The summed E-state index contributed by atoms with van der Waals surface area (Å²) in [5.41, 5.74) is 3.40. The summed E-state index contributed by atoms with van der Waals surface area (Å²) in [6.45, 7) is 4.14. The molecule has 1 aromatic carbocycles. The van der Waals surface area contributed by atoms with E-state index in [0.29, 0.717) is 5.16 Å². The first-order chi connectivity index (χ1) is 11.1. The Morgan fingerprint density at radius 2 is 1.87 bits per heavy atom. The highest BCUT2D eigenvalue weighted by molar-refractivity contribution is 7.98. The van der Waals surface area contributed by atoms with Crippen molar-refractivity contribution < 1.29 is 4.39 Å². The van der Waals surface area contributed by atoms with Crippen LogP contribution in [0.4, 0.5) is 4.39 Å². The normalized spacial score (nSPS) is 11.2. The first kappa shape index (κ1) is 15.7. The average molecular weight is 328 g/mol. The van der Waals surface area contributed by atoms with Crippen LogP contribution in [0.2, 0.25) is 0 Å². The van der Waals surface area contributed by atoms with Crippen LogP contribution >= 0.6 is 11.8 Å². The topological polar surface area (TPSA) is 43.6 Å². The molecule has 0 radical (unpaired) electrons. The molecule has 0 fully saturated rings. The summed E-state index contributed by atoms with van der Waals surface area (Å²) in [5.74, 6) is -0.259. The molecule has 2 aromatic heterocycles. The van der Waals surface area contributed by atoms with Gasteiger partial charge in [0.2, 0.25) is 0 Å². The Bertz CT molecular complexity index is 812. The van der Waals surface area contributed by atoms with E-state index in [1.165, 1.54) is 23.9 Å². The van der Waals surface area contributed by atoms with Crippen molar-refractivity contribution in [3.63, 3.8) is 0 Å².